The SMILES string of the molecule is NC(CCc1ccncc1)C(=O)Nc1cccc2[nH]ccc12. The largest absolute Gasteiger partial charge is 0.361 e. The van der Waals surface area contributed by atoms with E-state index in [-0.39, 0.29) is 5.91 Å². The van der Waals surface area contributed by atoms with Crippen LogP contribution in [-0.2, 0) is 11.2 Å². The zero-order chi connectivity index (χ0) is 15.4. The minimum Gasteiger partial charge on any atom is -0.361 e. The number of hydrogen-bond acceptors (Lipinski definition) is 3. The van der Waals surface area contributed by atoms with Gasteiger partial charge in [-0.1, -0.05) is 6.07 Å². The van der Waals surface area contributed by atoms with Crippen LogP contribution in [0.25, 0.3) is 10.9 Å². The average molecular weight is 294 g/mol. The van der Waals surface area contributed by atoms with Gasteiger partial charge in [0.15, 0.2) is 0 Å². The second kappa shape index (κ2) is 6.41. The van der Waals surface area contributed by atoms with Gasteiger partial charge in [0.2, 0.25) is 5.91 Å². The number of aromatic amines is 1. The van der Waals surface area contributed by atoms with Crippen molar-refractivity contribution in [1.29, 1.82) is 0 Å². The number of amides is 1. The molecule has 1 amide bonds. The lowest BCUT2D eigenvalue weighted by Crippen LogP contribution is -2.36. The van der Waals surface area contributed by atoms with E-state index in [1.54, 1.807) is 12.4 Å². The number of nitrogens with one attached hydrogen (secondary N) is 2. The third-order valence-electron chi connectivity index (χ3n) is 3.68. The molecular weight excluding hydrogens is 276 g/mol. The molecule has 2 heterocycles. The van der Waals surface area contributed by atoms with Crippen LogP contribution in [0.1, 0.15) is 12.0 Å². The van der Waals surface area contributed by atoms with E-state index < -0.39 is 6.04 Å². The van der Waals surface area contributed by atoms with Crippen molar-refractivity contribution >= 4 is 22.5 Å². The van der Waals surface area contributed by atoms with Gasteiger partial charge >= 0.3 is 0 Å². The summed E-state index contributed by atoms with van der Waals surface area (Å²) < 4.78 is 0. The van der Waals surface area contributed by atoms with Crippen LogP contribution in [0.15, 0.2) is 55.0 Å². The first-order chi connectivity index (χ1) is 10.7. The van der Waals surface area contributed by atoms with Gasteiger partial charge in [-0.15, -0.1) is 0 Å². The van der Waals surface area contributed by atoms with Crippen molar-refractivity contribution in [3.8, 4) is 0 Å². The van der Waals surface area contributed by atoms with Gasteiger partial charge < -0.3 is 16.0 Å². The fourth-order valence-electron chi connectivity index (χ4n) is 2.42. The lowest BCUT2D eigenvalue weighted by Gasteiger charge is -2.13. The van der Waals surface area contributed by atoms with E-state index in [9.17, 15) is 4.79 Å². The number of benzene rings is 1. The molecule has 0 spiro atoms. The molecule has 112 valence electrons. The van der Waals surface area contributed by atoms with E-state index in [0.717, 1.165) is 28.6 Å². The number of nitrogens with zero attached hydrogens (tertiary/aromatic N) is 1. The van der Waals surface area contributed by atoms with Gasteiger partial charge in [0, 0.05) is 29.5 Å². The maximum absolute atomic E-state index is 12.2. The molecule has 4 N–H and O–H groups in total. The Morgan fingerprint density at radius 3 is 2.86 bits per heavy atom. The number of carbonyl (C=O) groups excluding carboxylic acids is 1. The summed E-state index contributed by atoms with van der Waals surface area (Å²) in [5.41, 5.74) is 8.90. The fourth-order valence-corrected chi connectivity index (χ4v) is 2.42. The number of nitrogens with two attached hydrogens (primary N) is 1. The first kappa shape index (κ1) is 14.3. The van der Waals surface area contributed by atoms with Crippen LogP contribution in [0, 0.1) is 0 Å². The van der Waals surface area contributed by atoms with Crippen molar-refractivity contribution in [2.75, 3.05) is 5.32 Å². The Bertz CT molecular complexity index is 766. The van der Waals surface area contributed by atoms with Crippen LogP contribution < -0.4 is 11.1 Å². The van der Waals surface area contributed by atoms with Gasteiger partial charge in [-0.2, -0.15) is 0 Å². The number of carbonyl (C=O) groups is 1. The molecule has 3 rings (SSSR count). The molecule has 5 nitrogen and oxygen atoms in total. The van der Waals surface area contributed by atoms with Crippen molar-refractivity contribution in [2.45, 2.75) is 18.9 Å². The molecule has 0 saturated heterocycles. The quantitative estimate of drug-likeness (QED) is 0.676. The predicted molar refractivity (Wildman–Crippen MR) is 87.5 cm³/mol. The Kier molecular flexibility index (Phi) is 4.16. The monoisotopic (exact) mass is 294 g/mol. The van der Waals surface area contributed by atoms with E-state index in [0.29, 0.717) is 6.42 Å². The van der Waals surface area contributed by atoms with Crippen molar-refractivity contribution in [3.05, 3.63) is 60.6 Å². The maximum atomic E-state index is 12.2. The van der Waals surface area contributed by atoms with E-state index in [1.807, 2.05) is 42.6 Å². The number of fused-ring (bicyclic) bond motifs is 1. The number of hydrogen-bond donors (Lipinski definition) is 3. The Balaban J connectivity index is 1.63. The number of anilines is 1. The summed E-state index contributed by atoms with van der Waals surface area (Å²) in [4.78, 5) is 19.3. The predicted octanol–water partition coefficient (Wildman–Crippen LogP) is 2.46. The van der Waals surface area contributed by atoms with Crippen LogP contribution in [-0.4, -0.2) is 21.9 Å². The molecule has 0 saturated carbocycles. The lowest BCUT2D eigenvalue weighted by atomic mass is 10.1. The van der Waals surface area contributed by atoms with Gasteiger partial charge in [0.25, 0.3) is 0 Å². The van der Waals surface area contributed by atoms with Gasteiger partial charge in [0.1, 0.15) is 0 Å². The number of pyridine rings is 1. The highest BCUT2D eigenvalue weighted by Crippen LogP contribution is 2.22. The minimum atomic E-state index is -0.539. The topological polar surface area (TPSA) is 83.8 Å². The molecule has 1 aromatic carbocycles. The van der Waals surface area contributed by atoms with Crippen LogP contribution >= 0.6 is 0 Å². The molecule has 3 aromatic rings. The number of aryl methyl sites for hydroxylation is 1. The highest BCUT2D eigenvalue weighted by Gasteiger charge is 2.14. The molecule has 1 unspecified atom stereocenters. The van der Waals surface area contributed by atoms with Gasteiger partial charge in [0.05, 0.1) is 11.7 Å². The number of aromatic nitrogens is 2. The van der Waals surface area contributed by atoms with Crippen molar-refractivity contribution in [3.63, 3.8) is 0 Å². The van der Waals surface area contributed by atoms with Gasteiger partial charge in [-0.25, -0.2) is 0 Å². The normalized spacial score (nSPS) is 12.2. The molecule has 0 fully saturated rings. The molecule has 0 aliphatic rings. The van der Waals surface area contributed by atoms with E-state index in [4.69, 9.17) is 5.73 Å². The second-order valence-electron chi connectivity index (χ2n) is 5.23. The number of rotatable bonds is 5. The van der Waals surface area contributed by atoms with Crippen molar-refractivity contribution < 1.29 is 4.79 Å². The molecule has 1 atom stereocenters. The Labute approximate surface area is 128 Å². The molecule has 22 heavy (non-hydrogen) atoms. The standard InChI is InChI=1S/C17H18N4O/c18-14(5-4-12-6-9-19-10-7-12)17(22)21-16-3-1-2-15-13(16)8-11-20-15/h1-3,6-11,14,20H,4-5,18H2,(H,21,22). The average Bonchev–Trinajstić information content (AvgIpc) is 3.03. The summed E-state index contributed by atoms with van der Waals surface area (Å²) in [7, 11) is 0. The molecule has 0 aliphatic carbocycles. The van der Waals surface area contributed by atoms with Crippen LogP contribution in [0.2, 0.25) is 0 Å². The Hall–Kier alpha value is -2.66. The van der Waals surface area contributed by atoms with Gasteiger partial charge in [-0.3, -0.25) is 9.78 Å². The third kappa shape index (κ3) is 3.15. The van der Waals surface area contributed by atoms with Crippen molar-refractivity contribution in [2.24, 2.45) is 5.73 Å². The summed E-state index contributed by atoms with van der Waals surface area (Å²) in [6.07, 6.45) is 6.69. The fraction of sp³-hybridized carbons (Fsp3) is 0.176. The van der Waals surface area contributed by atoms with E-state index >= 15 is 0 Å². The molecule has 0 aliphatic heterocycles. The summed E-state index contributed by atoms with van der Waals surface area (Å²) in [6, 6.07) is 11.0. The summed E-state index contributed by atoms with van der Waals surface area (Å²) >= 11 is 0. The second-order valence-corrected chi connectivity index (χ2v) is 5.23. The third-order valence-corrected chi connectivity index (χ3v) is 3.68. The molecule has 0 radical (unpaired) electrons. The summed E-state index contributed by atoms with van der Waals surface area (Å²) in [5.74, 6) is -0.164. The van der Waals surface area contributed by atoms with E-state index in [1.165, 1.54) is 0 Å². The molecule has 5 heteroatoms. The minimum absolute atomic E-state index is 0.164. The molecule has 0 bridgehead atoms. The first-order valence-electron chi connectivity index (χ1n) is 7.25. The van der Waals surface area contributed by atoms with Crippen LogP contribution in [0.5, 0.6) is 0 Å². The molecule has 2 aromatic heterocycles. The van der Waals surface area contributed by atoms with Gasteiger partial charge in [-0.05, 0) is 48.7 Å². The first-order valence-corrected chi connectivity index (χ1v) is 7.25. The zero-order valence-electron chi connectivity index (χ0n) is 12.1. The van der Waals surface area contributed by atoms with Crippen molar-refractivity contribution in [1.82, 2.24) is 9.97 Å². The molecular formula is C17H18N4O. The highest BCUT2D eigenvalue weighted by atomic mass is 16.2. The van der Waals surface area contributed by atoms with E-state index in [2.05, 4.69) is 15.3 Å². The zero-order valence-corrected chi connectivity index (χ0v) is 12.1. The smallest absolute Gasteiger partial charge is 0.241 e. The Morgan fingerprint density at radius 1 is 1.23 bits per heavy atom. The number of H-pyrrole nitrogens is 1. The Morgan fingerprint density at radius 2 is 2.05 bits per heavy atom. The maximum Gasteiger partial charge on any atom is 0.241 e. The highest BCUT2D eigenvalue weighted by molar-refractivity contribution is 6.03. The van der Waals surface area contributed by atoms with Crippen LogP contribution in [0.4, 0.5) is 5.69 Å². The van der Waals surface area contributed by atoms with Crippen LogP contribution in [0.3, 0.4) is 0 Å². The summed E-state index contributed by atoms with van der Waals surface area (Å²) in [5, 5.41) is 3.89. The lowest BCUT2D eigenvalue weighted by molar-refractivity contribution is -0.117. The summed E-state index contributed by atoms with van der Waals surface area (Å²) in [6.45, 7) is 0.